The molecule has 0 saturated heterocycles. The van der Waals surface area contributed by atoms with Gasteiger partial charge in [-0.05, 0) is 46.1 Å². The number of hydrogen-bond donors (Lipinski definition) is 0. The van der Waals surface area contributed by atoms with E-state index in [4.69, 9.17) is 4.74 Å². The zero-order valence-electron chi connectivity index (χ0n) is 16.4. The van der Waals surface area contributed by atoms with Crippen molar-refractivity contribution in [2.24, 2.45) is 0 Å². The van der Waals surface area contributed by atoms with Gasteiger partial charge in [0, 0.05) is 11.1 Å². The second-order valence-electron chi connectivity index (χ2n) is 8.54. The molecule has 1 atom stereocenters. The SMILES string of the molecule is COc1c(C(C)(C)C)cc(Pc2ccccc2C)cc1C(C)(C)C. The van der Waals surface area contributed by atoms with Gasteiger partial charge in [-0.15, -0.1) is 0 Å². The number of methoxy groups -OCH3 is 1. The predicted molar refractivity (Wildman–Crippen MR) is 109 cm³/mol. The van der Waals surface area contributed by atoms with Gasteiger partial charge in [0.05, 0.1) is 7.11 Å². The fourth-order valence-electron chi connectivity index (χ4n) is 2.90. The van der Waals surface area contributed by atoms with Crippen molar-refractivity contribution in [1.29, 1.82) is 0 Å². The first-order valence-electron chi connectivity index (χ1n) is 8.59. The average molecular weight is 342 g/mol. The molecule has 2 aromatic carbocycles. The molecule has 0 fully saturated rings. The van der Waals surface area contributed by atoms with Crippen molar-refractivity contribution < 1.29 is 4.74 Å². The lowest BCUT2D eigenvalue weighted by Crippen LogP contribution is -2.22. The zero-order valence-corrected chi connectivity index (χ0v) is 17.4. The van der Waals surface area contributed by atoms with Crippen molar-refractivity contribution in [3.63, 3.8) is 0 Å². The van der Waals surface area contributed by atoms with Gasteiger partial charge >= 0.3 is 0 Å². The lowest BCUT2D eigenvalue weighted by atomic mass is 9.79. The Kier molecular flexibility index (Phi) is 5.45. The van der Waals surface area contributed by atoms with E-state index < -0.39 is 0 Å². The third kappa shape index (κ3) is 4.19. The molecule has 0 aliphatic carbocycles. The van der Waals surface area contributed by atoms with Gasteiger partial charge in [-0.2, -0.15) is 0 Å². The van der Waals surface area contributed by atoms with Gasteiger partial charge < -0.3 is 4.74 Å². The summed E-state index contributed by atoms with van der Waals surface area (Å²) in [5.74, 6) is 1.05. The highest BCUT2D eigenvalue weighted by Crippen LogP contribution is 2.39. The molecule has 0 heterocycles. The summed E-state index contributed by atoms with van der Waals surface area (Å²) < 4.78 is 5.86. The third-order valence-corrected chi connectivity index (χ3v) is 5.74. The second kappa shape index (κ2) is 6.89. The number of benzene rings is 2. The quantitative estimate of drug-likeness (QED) is 0.694. The van der Waals surface area contributed by atoms with Crippen LogP contribution in [-0.2, 0) is 10.8 Å². The van der Waals surface area contributed by atoms with E-state index in [1.54, 1.807) is 7.11 Å². The Morgan fingerprint density at radius 1 is 0.833 bits per heavy atom. The van der Waals surface area contributed by atoms with Gasteiger partial charge in [-0.25, -0.2) is 0 Å². The molecule has 24 heavy (non-hydrogen) atoms. The lowest BCUT2D eigenvalue weighted by Gasteiger charge is -2.30. The van der Waals surface area contributed by atoms with Gasteiger partial charge in [0.1, 0.15) is 5.75 Å². The second-order valence-corrected chi connectivity index (χ2v) is 9.91. The maximum atomic E-state index is 5.86. The van der Waals surface area contributed by atoms with Crippen LogP contribution in [-0.4, -0.2) is 7.11 Å². The summed E-state index contributed by atoms with van der Waals surface area (Å²) in [5.41, 5.74) is 4.07. The Hall–Kier alpha value is -1.33. The third-order valence-electron chi connectivity index (χ3n) is 4.33. The summed E-state index contributed by atoms with van der Waals surface area (Å²) in [7, 11) is 2.46. The van der Waals surface area contributed by atoms with Crippen molar-refractivity contribution >= 4 is 19.2 Å². The van der Waals surface area contributed by atoms with Crippen LogP contribution in [0.5, 0.6) is 5.75 Å². The Labute approximate surface area is 149 Å². The topological polar surface area (TPSA) is 9.23 Å². The van der Waals surface area contributed by atoms with E-state index in [-0.39, 0.29) is 10.8 Å². The number of hydrogen-bond acceptors (Lipinski definition) is 1. The molecular formula is C22H31OP. The van der Waals surface area contributed by atoms with E-state index in [0.29, 0.717) is 8.58 Å². The standard InChI is InChI=1S/C22H31OP/c1-15-11-9-10-12-19(15)24-16-13-17(21(2,3)4)20(23-8)18(14-16)22(5,6)7/h9-14,24H,1-8H3. The molecule has 130 valence electrons. The molecule has 0 amide bonds. The summed E-state index contributed by atoms with van der Waals surface area (Å²) in [6.07, 6.45) is 0. The summed E-state index contributed by atoms with van der Waals surface area (Å²) in [6, 6.07) is 13.4. The van der Waals surface area contributed by atoms with Gasteiger partial charge in [0.2, 0.25) is 0 Å². The van der Waals surface area contributed by atoms with Crippen LogP contribution in [0.15, 0.2) is 36.4 Å². The summed E-state index contributed by atoms with van der Waals surface area (Å²) in [4.78, 5) is 0. The molecule has 2 rings (SSSR count). The van der Waals surface area contributed by atoms with Crippen molar-refractivity contribution in [1.82, 2.24) is 0 Å². The Morgan fingerprint density at radius 2 is 1.33 bits per heavy atom. The molecule has 0 aliphatic heterocycles. The fourth-order valence-corrected chi connectivity index (χ4v) is 4.11. The summed E-state index contributed by atoms with van der Waals surface area (Å²) in [5, 5.41) is 2.81. The van der Waals surface area contributed by atoms with Crippen LogP contribution in [0.4, 0.5) is 0 Å². The summed E-state index contributed by atoms with van der Waals surface area (Å²) in [6.45, 7) is 15.8. The molecule has 2 aromatic rings. The van der Waals surface area contributed by atoms with Crippen LogP contribution in [0, 0.1) is 6.92 Å². The van der Waals surface area contributed by atoms with E-state index in [1.165, 1.54) is 27.3 Å². The highest BCUT2D eigenvalue weighted by Gasteiger charge is 2.27. The number of rotatable bonds is 3. The van der Waals surface area contributed by atoms with Gasteiger partial charge in [-0.3, -0.25) is 0 Å². The van der Waals surface area contributed by atoms with E-state index in [0.717, 1.165) is 5.75 Å². The van der Waals surface area contributed by atoms with Crippen LogP contribution < -0.4 is 15.3 Å². The van der Waals surface area contributed by atoms with E-state index in [1.807, 2.05) is 0 Å². The normalized spacial score (nSPS) is 12.8. The first kappa shape index (κ1) is 19.0. The predicted octanol–water partition coefficient (Wildman–Crippen LogP) is 5.23. The molecular weight excluding hydrogens is 311 g/mol. The average Bonchev–Trinajstić information content (AvgIpc) is 2.47. The molecule has 1 unspecified atom stereocenters. The van der Waals surface area contributed by atoms with Crippen LogP contribution in [0.1, 0.15) is 58.2 Å². The highest BCUT2D eigenvalue weighted by atomic mass is 31.1. The van der Waals surface area contributed by atoms with Crippen molar-refractivity contribution in [2.45, 2.75) is 59.3 Å². The molecule has 0 N–H and O–H groups in total. The molecule has 0 aliphatic rings. The highest BCUT2D eigenvalue weighted by molar-refractivity contribution is 7.55. The largest absolute Gasteiger partial charge is 0.496 e. The minimum absolute atomic E-state index is 0.0531. The fraction of sp³-hybridized carbons (Fsp3) is 0.455. The Morgan fingerprint density at radius 3 is 1.75 bits per heavy atom. The van der Waals surface area contributed by atoms with E-state index in [9.17, 15) is 0 Å². The zero-order chi connectivity index (χ0) is 18.1. The molecule has 0 bridgehead atoms. The Balaban J connectivity index is 2.63. The maximum absolute atomic E-state index is 5.86. The molecule has 0 spiro atoms. The van der Waals surface area contributed by atoms with Crippen LogP contribution in [0.3, 0.4) is 0 Å². The maximum Gasteiger partial charge on any atom is 0.126 e. The van der Waals surface area contributed by atoms with Crippen molar-refractivity contribution in [3.05, 3.63) is 53.1 Å². The molecule has 0 aromatic heterocycles. The Bertz CT molecular complexity index is 682. The number of ether oxygens (including phenoxy) is 1. The summed E-state index contributed by atoms with van der Waals surface area (Å²) >= 11 is 0. The van der Waals surface area contributed by atoms with Gasteiger partial charge in [-0.1, -0.05) is 74.4 Å². The molecule has 1 nitrogen and oxygen atoms in total. The van der Waals surface area contributed by atoms with Crippen molar-refractivity contribution in [3.8, 4) is 5.75 Å². The van der Waals surface area contributed by atoms with Crippen LogP contribution >= 0.6 is 8.58 Å². The van der Waals surface area contributed by atoms with Gasteiger partial charge in [0.25, 0.3) is 0 Å². The first-order chi connectivity index (χ1) is 11.0. The molecule has 0 saturated carbocycles. The smallest absolute Gasteiger partial charge is 0.126 e. The van der Waals surface area contributed by atoms with E-state index >= 15 is 0 Å². The monoisotopic (exact) mass is 342 g/mol. The van der Waals surface area contributed by atoms with Crippen LogP contribution in [0.2, 0.25) is 0 Å². The van der Waals surface area contributed by atoms with Gasteiger partial charge in [0.15, 0.2) is 0 Å². The minimum Gasteiger partial charge on any atom is -0.496 e. The number of aryl methyl sites for hydroxylation is 1. The van der Waals surface area contributed by atoms with E-state index in [2.05, 4.69) is 84.9 Å². The minimum atomic E-state index is 0.0531. The molecule has 0 radical (unpaired) electrons. The van der Waals surface area contributed by atoms with Crippen LogP contribution in [0.25, 0.3) is 0 Å². The molecule has 2 heteroatoms. The first-order valence-corrected chi connectivity index (χ1v) is 9.59. The van der Waals surface area contributed by atoms with Crippen molar-refractivity contribution in [2.75, 3.05) is 7.11 Å². The lowest BCUT2D eigenvalue weighted by molar-refractivity contribution is 0.382.